The number of nitrogens with zero attached hydrogens (tertiary/aromatic N) is 3. The van der Waals surface area contributed by atoms with Crippen LogP contribution in [0.4, 0.5) is 0 Å². The summed E-state index contributed by atoms with van der Waals surface area (Å²) in [7, 11) is 1.78. The van der Waals surface area contributed by atoms with E-state index in [1.54, 1.807) is 13.4 Å². The van der Waals surface area contributed by atoms with Crippen LogP contribution >= 0.6 is 0 Å². The first-order chi connectivity index (χ1) is 10.8. The summed E-state index contributed by atoms with van der Waals surface area (Å²) in [5.74, 6) is 2.26. The highest BCUT2D eigenvalue weighted by atomic mass is 16.5. The number of aromatic nitrogens is 2. The van der Waals surface area contributed by atoms with Gasteiger partial charge in [0.1, 0.15) is 5.76 Å². The van der Waals surface area contributed by atoms with Gasteiger partial charge in [-0.15, -0.1) is 0 Å². The van der Waals surface area contributed by atoms with Crippen molar-refractivity contribution in [2.24, 2.45) is 5.92 Å². The third-order valence-electron chi connectivity index (χ3n) is 4.73. The maximum Gasteiger partial charge on any atom is 0.117 e. The highest BCUT2D eigenvalue weighted by Gasteiger charge is 2.31. The molecule has 2 aliphatic rings. The number of hydrogen-bond donors (Lipinski definition) is 0. The molecule has 0 spiro atoms. The second-order valence-corrected chi connectivity index (χ2v) is 6.57. The normalized spacial score (nSPS) is 22.0. The van der Waals surface area contributed by atoms with Gasteiger partial charge in [0.25, 0.3) is 0 Å². The summed E-state index contributed by atoms with van der Waals surface area (Å²) in [4.78, 5) is 2.44. The first-order valence-corrected chi connectivity index (χ1v) is 8.11. The SMILES string of the molecule is COC[C@H]1CN(Cc2ccco2)Cc2c1cnn2CC1CC1. The molecular formula is C17H23N3O2. The second-order valence-electron chi connectivity index (χ2n) is 6.57. The van der Waals surface area contributed by atoms with Crippen LogP contribution in [0, 0.1) is 5.92 Å². The number of rotatable bonds is 6. The maximum absolute atomic E-state index is 5.51. The lowest BCUT2D eigenvalue weighted by atomic mass is 9.95. The van der Waals surface area contributed by atoms with E-state index in [1.807, 2.05) is 12.1 Å². The number of fused-ring (bicyclic) bond motifs is 1. The molecule has 1 fully saturated rings. The molecule has 2 aromatic heterocycles. The largest absolute Gasteiger partial charge is 0.468 e. The summed E-state index contributed by atoms with van der Waals surface area (Å²) in [5, 5.41) is 4.65. The summed E-state index contributed by atoms with van der Waals surface area (Å²) in [6.07, 6.45) is 6.51. The van der Waals surface area contributed by atoms with Crippen molar-refractivity contribution in [3.8, 4) is 0 Å². The molecule has 1 atom stereocenters. The van der Waals surface area contributed by atoms with E-state index in [0.717, 1.165) is 44.5 Å². The molecule has 5 heteroatoms. The van der Waals surface area contributed by atoms with Gasteiger partial charge in [0.15, 0.2) is 0 Å². The predicted octanol–water partition coefficient (Wildman–Crippen LogP) is 2.63. The summed E-state index contributed by atoms with van der Waals surface area (Å²) < 4.78 is 13.2. The van der Waals surface area contributed by atoms with Crippen LogP contribution in [-0.2, 0) is 24.4 Å². The van der Waals surface area contributed by atoms with E-state index in [-0.39, 0.29) is 0 Å². The monoisotopic (exact) mass is 301 g/mol. The van der Waals surface area contributed by atoms with Gasteiger partial charge in [-0.2, -0.15) is 5.10 Å². The minimum atomic E-state index is 0.400. The van der Waals surface area contributed by atoms with Crippen molar-refractivity contribution in [3.63, 3.8) is 0 Å². The minimum absolute atomic E-state index is 0.400. The van der Waals surface area contributed by atoms with Gasteiger partial charge >= 0.3 is 0 Å². The molecule has 2 aromatic rings. The van der Waals surface area contributed by atoms with Crippen molar-refractivity contribution in [1.82, 2.24) is 14.7 Å². The summed E-state index contributed by atoms with van der Waals surface area (Å²) in [6, 6.07) is 4.00. The Bertz CT molecular complexity index is 616. The van der Waals surface area contributed by atoms with Gasteiger partial charge in [0.05, 0.1) is 31.3 Å². The van der Waals surface area contributed by atoms with Crippen molar-refractivity contribution in [1.29, 1.82) is 0 Å². The van der Waals surface area contributed by atoms with E-state index in [9.17, 15) is 0 Å². The molecule has 3 heterocycles. The van der Waals surface area contributed by atoms with Crippen molar-refractivity contribution >= 4 is 0 Å². The zero-order valence-corrected chi connectivity index (χ0v) is 13.1. The van der Waals surface area contributed by atoms with Gasteiger partial charge in [-0.3, -0.25) is 9.58 Å². The van der Waals surface area contributed by atoms with Crippen molar-refractivity contribution in [2.75, 3.05) is 20.3 Å². The summed E-state index contributed by atoms with van der Waals surface area (Å²) in [6.45, 7) is 4.61. The quantitative estimate of drug-likeness (QED) is 0.822. The molecule has 0 N–H and O–H groups in total. The zero-order chi connectivity index (χ0) is 14.9. The molecule has 0 aromatic carbocycles. The van der Waals surface area contributed by atoms with Crippen LogP contribution in [0.5, 0.6) is 0 Å². The fourth-order valence-corrected chi connectivity index (χ4v) is 3.41. The third-order valence-corrected chi connectivity index (χ3v) is 4.73. The van der Waals surface area contributed by atoms with Crippen LogP contribution in [0.1, 0.15) is 35.8 Å². The standard InChI is InChI=1S/C17H23N3O2/c1-21-12-14-9-19(10-15-3-2-6-22-15)11-17-16(14)7-18-20(17)8-13-4-5-13/h2-3,6-7,13-14H,4-5,8-12H2,1H3/t14-/m1/s1. The lowest BCUT2D eigenvalue weighted by Crippen LogP contribution is -2.35. The second kappa shape index (κ2) is 5.89. The van der Waals surface area contributed by atoms with Crippen LogP contribution in [-0.4, -0.2) is 34.9 Å². The van der Waals surface area contributed by atoms with Crippen LogP contribution in [0.3, 0.4) is 0 Å². The smallest absolute Gasteiger partial charge is 0.117 e. The Morgan fingerprint density at radius 2 is 2.32 bits per heavy atom. The zero-order valence-electron chi connectivity index (χ0n) is 13.1. The molecule has 4 rings (SSSR count). The Kier molecular flexibility index (Phi) is 3.76. The van der Waals surface area contributed by atoms with Crippen LogP contribution in [0.25, 0.3) is 0 Å². The number of furan rings is 1. The van der Waals surface area contributed by atoms with Crippen LogP contribution in [0.2, 0.25) is 0 Å². The Morgan fingerprint density at radius 1 is 1.41 bits per heavy atom. The molecule has 0 bridgehead atoms. The van der Waals surface area contributed by atoms with Gasteiger partial charge in [0, 0.05) is 38.2 Å². The predicted molar refractivity (Wildman–Crippen MR) is 82.4 cm³/mol. The molecule has 5 nitrogen and oxygen atoms in total. The maximum atomic E-state index is 5.51. The highest BCUT2D eigenvalue weighted by Crippen LogP contribution is 2.34. The Morgan fingerprint density at radius 3 is 3.05 bits per heavy atom. The van der Waals surface area contributed by atoms with E-state index in [4.69, 9.17) is 9.15 Å². The fraction of sp³-hybridized carbons (Fsp3) is 0.588. The highest BCUT2D eigenvalue weighted by molar-refractivity contribution is 5.26. The lowest BCUT2D eigenvalue weighted by molar-refractivity contribution is 0.129. The third kappa shape index (κ3) is 2.83. The average Bonchev–Trinajstić information content (AvgIpc) is 3.01. The van der Waals surface area contributed by atoms with E-state index >= 15 is 0 Å². The van der Waals surface area contributed by atoms with E-state index in [0.29, 0.717) is 5.92 Å². The molecule has 1 saturated carbocycles. The molecule has 0 saturated heterocycles. The van der Waals surface area contributed by atoms with Crippen molar-refractivity contribution in [3.05, 3.63) is 41.6 Å². The van der Waals surface area contributed by atoms with E-state index < -0.39 is 0 Å². The number of ether oxygens (including phenoxy) is 1. The molecule has 22 heavy (non-hydrogen) atoms. The molecular weight excluding hydrogens is 278 g/mol. The van der Waals surface area contributed by atoms with Gasteiger partial charge in [-0.25, -0.2) is 0 Å². The minimum Gasteiger partial charge on any atom is -0.468 e. The van der Waals surface area contributed by atoms with Crippen molar-refractivity contribution in [2.45, 2.75) is 38.4 Å². The topological polar surface area (TPSA) is 43.4 Å². The van der Waals surface area contributed by atoms with Crippen molar-refractivity contribution < 1.29 is 9.15 Å². The Balaban J connectivity index is 1.56. The van der Waals surface area contributed by atoms with Crippen LogP contribution in [0.15, 0.2) is 29.0 Å². The van der Waals surface area contributed by atoms with Gasteiger partial charge in [-0.05, 0) is 30.9 Å². The molecule has 1 aliphatic heterocycles. The Labute approximate surface area is 130 Å². The average molecular weight is 301 g/mol. The van der Waals surface area contributed by atoms with Gasteiger partial charge in [0.2, 0.25) is 0 Å². The first-order valence-electron chi connectivity index (χ1n) is 8.11. The van der Waals surface area contributed by atoms with E-state index in [2.05, 4.69) is 20.9 Å². The molecule has 118 valence electrons. The molecule has 0 radical (unpaired) electrons. The molecule has 0 amide bonds. The van der Waals surface area contributed by atoms with E-state index in [1.165, 1.54) is 24.1 Å². The number of methoxy groups -OCH3 is 1. The fourth-order valence-electron chi connectivity index (χ4n) is 3.41. The molecule has 1 aliphatic carbocycles. The summed E-state index contributed by atoms with van der Waals surface area (Å²) in [5.41, 5.74) is 2.74. The van der Waals surface area contributed by atoms with Gasteiger partial charge < -0.3 is 9.15 Å². The molecule has 0 unspecified atom stereocenters. The van der Waals surface area contributed by atoms with Gasteiger partial charge in [-0.1, -0.05) is 0 Å². The first kappa shape index (κ1) is 14.0. The number of hydrogen-bond acceptors (Lipinski definition) is 4. The lowest BCUT2D eigenvalue weighted by Gasteiger charge is -2.32. The van der Waals surface area contributed by atoms with Crippen LogP contribution < -0.4 is 0 Å². The Hall–Kier alpha value is -1.59. The summed E-state index contributed by atoms with van der Waals surface area (Å²) >= 11 is 0.